The molecule has 244 valence electrons. The number of carbonyl (C=O) groups is 2. The molecule has 0 saturated heterocycles. The van der Waals surface area contributed by atoms with Crippen molar-refractivity contribution in [2.75, 3.05) is 39.8 Å². The minimum Gasteiger partial charge on any atom is -1.00 e. The summed E-state index contributed by atoms with van der Waals surface area (Å²) in [5, 5.41) is 4.11. The number of ketones is 1. The highest BCUT2D eigenvalue weighted by molar-refractivity contribution is 5.91. The molecule has 13 heteroatoms. The number of fused-ring (bicyclic) bond motifs is 1. The summed E-state index contributed by atoms with van der Waals surface area (Å²) < 4.78 is 0.919. The van der Waals surface area contributed by atoms with E-state index in [1.165, 1.54) is 0 Å². The molecule has 1 heterocycles. The van der Waals surface area contributed by atoms with E-state index in [2.05, 4.69) is 46.7 Å². The molecular weight excluding hydrogens is 654 g/mol. The van der Waals surface area contributed by atoms with Crippen LogP contribution >= 0.6 is 24.8 Å². The molecule has 11 N–H and O–H groups in total. The molecule has 0 saturated carbocycles. The number of hydrogen-bond acceptors (Lipinski definition) is 2. The van der Waals surface area contributed by atoms with Crippen molar-refractivity contribution in [3.8, 4) is 0 Å². The van der Waals surface area contributed by atoms with Gasteiger partial charge in [-0.2, -0.15) is 0 Å². The molecule has 2 aromatic carbocycles. The fourth-order valence-corrected chi connectivity index (χ4v) is 5.10. The number of pyridine rings is 1. The van der Waals surface area contributed by atoms with Crippen LogP contribution in [0.5, 0.6) is 0 Å². The lowest BCUT2D eigenvalue weighted by molar-refractivity contribution is -0.918. The number of hydrogen-bond donors (Lipinski definition) is 4. The number of aromatic nitrogens is 1. The van der Waals surface area contributed by atoms with E-state index < -0.39 is 12.1 Å². The Balaban J connectivity index is -0.00000320. The lowest BCUT2D eigenvalue weighted by Gasteiger charge is -2.32. The van der Waals surface area contributed by atoms with Gasteiger partial charge in [-0.25, -0.2) is 4.98 Å². The van der Waals surface area contributed by atoms with E-state index in [-0.39, 0.29) is 80.1 Å². The van der Waals surface area contributed by atoms with E-state index in [0.29, 0.717) is 12.8 Å². The second kappa shape index (κ2) is 23.6. The van der Waals surface area contributed by atoms with Crippen molar-refractivity contribution >= 4 is 47.4 Å². The highest BCUT2D eigenvalue weighted by Gasteiger charge is 2.27. The number of para-hydroxylation sites is 1. The van der Waals surface area contributed by atoms with Crippen molar-refractivity contribution in [2.45, 2.75) is 44.2 Å². The van der Waals surface area contributed by atoms with Crippen molar-refractivity contribution < 1.29 is 73.5 Å². The molecule has 43 heavy (non-hydrogen) atoms. The number of rotatable bonds is 16. The van der Waals surface area contributed by atoms with E-state index in [9.17, 15) is 9.59 Å². The number of aromatic amines is 1. The van der Waals surface area contributed by atoms with Crippen LogP contribution in [-0.2, 0) is 22.4 Å². The first-order valence-corrected chi connectivity index (χ1v) is 13.8. The monoisotopic (exact) mass is 700 g/mol. The summed E-state index contributed by atoms with van der Waals surface area (Å²) in [4.78, 5) is 29.9. The molecule has 3 rings (SSSR count). The normalized spacial score (nSPS) is 11.7. The van der Waals surface area contributed by atoms with Gasteiger partial charge in [0.15, 0.2) is 18.0 Å². The highest BCUT2D eigenvalue weighted by Crippen LogP contribution is 2.13. The first-order chi connectivity index (χ1) is 18.3. The Morgan fingerprint density at radius 2 is 1.47 bits per heavy atom. The summed E-state index contributed by atoms with van der Waals surface area (Å²) in [6, 6.07) is 19.2. The fraction of sp³-hybridized carbons (Fsp3) is 0.433. The van der Waals surface area contributed by atoms with E-state index in [0.717, 1.165) is 72.1 Å². The van der Waals surface area contributed by atoms with Crippen molar-refractivity contribution in [3.05, 3.63) is 78.0 Å². The summed E-state index contributed by atoms with van der Waals surface area (Å²) >= 11 is 0. The van der Waals surface area contributed by atoms with Gasteiger partial charge in [-0.3, -0.25) is 9.59 Å². The number of likely N-dealkylation sites (N-methyl/N-ethyl adjacent to an activating group) is 1. The quantitative estimate of drug-likeness (QED) is 0.110. The van der Waals surface area contributed by atoms with Crippen LogP contribution in [0.4, 0.5) is 0 Å². The van der Waals surface area contributed by atoms with E-state index in [1.807, 2.05) is 54.7 Å². The second-order valence-electron chi connectivity index (χ2n) is 10.7. The number of quaternary nitrogens is 4. The lowest BCUT2D eigenvalue weighted by atomic mass is 9.97. The second-order valence-corrected chi connectivity index (χ2v) is 10.7. The minimum atomic E-state index is -0.559. The van der Waals surface area contributed by atoms with Crippen molar-refractivity contribution in [1.82, 2.24) is 5.32 Å². The van der Waals surface area contributed by atoms with Crippen LogP contribution < -0.4 is 64.7 Å². The van der Waals surface area contributed by atoms with Gasteiger partial charge >= 0.3 is 0 Å². The molecule has 3 aromatic rings. The molecule has 1 amide bonds. The van der Waals surface area contributed by atoms with Gasteiger partial charge in [-0.05, 0) is 30.5 Å². The van der Waals surface area contributed by atoms with Gasteiger partial charge < -0.3 is 64.2 Å². The molecule has 0 aliphatic carbocycles. The third-order valence-electron chi connectivity index (χ3n) is 7.38. The van der Waals surface area contributed by atoms with Crippen LogP contribution in [0, 0.1) is 0 Å². The smallest absolute Gasteiger partial charge is 0.278 e. The average molecular weight is 703 g/mol. The van der Waals surface area contributed by atoms with Gasteiger partial charge in [0.25, 0.3) is 5.91 Å². The van der Waals surface area contributed by atoms with Crippen LogP contribution in [0.15, 0.2) is 66.9 Å². The summed E-state index contributed by atoms with van der Waals surface area (Å²) in [7, 11) is 2.23. The van der Waals surface area contributed by atoms with Gasteiger partial charge in [0.1, 0.15) is 26.2 Å². The minimum absolute atomic E-state index is 0. The molecule has 0 unspecified atom stereocenters. The molecule has 1 aromatic heterocycles. The predicted molar refractivity (Wildman–Crippen MR) is 163 cm³/mol. The predicted octanol–water partition coefficient (Wildman–Crippen LogP) is -8.94. The number of benzene rings is 2. The lowest BCUT2D eigenvalue weighted by Crippen LogP contribution is -3.00. The van der Waals surface area contributed by atoms with E-state index >= 15 is 0 Å². The molecule has 2 atom stereocenters. The van der Waals surface area contributed by atoms with Gasteiger partial charge in [0, 0.05) is 36.3 Å². The molecule has 0 fully saturated rings. The number of H-pyrrole nitrogens is 1. The Bertz CT molecular complexity index is 1190. The number of aryl methyl sites for hydroxylation is 1. The number of nitrogens with one attached hydrogen (secondary N) is 2. The first-order valence-electron chi connectivity index (χ1n) is 13.8. The van der Waals surface area contributed by atoms with Crippen molar-refractivity contribution in [2.24, 2.45) is 0 Å². The molecule has 0 aliphatic heterocycles. The van der Waals surface area contributed by atoms with Crippen LogP contribution in [0.3, 0.4) is 0 Å². The zero-order valence-electron chi connectivity index (χ0n) is 24.9. The number of Topliss-reactive ketones (excluding diaryl/α,β-unsaturated/α-hetero) is 1. The topological polar surface area (TPSA) is 143 Å². The summed E-state index contributed by atoms with van der Waals surface area (Å²) in [5.41, 5.74) is 15.2. The third-order valence-corrected chi connectivity index (χ3v) is 7.38. The highest BCUT2D eigenvalue weighted by atomic mass is 35.5. The number of carbonyl (C=O) groups excluding carboxylic acids is 2. The van der Waals surface area contributed by atoms with Gasteiger partial charge in [-0.15, -0.1) is 24.8 Å². The summed E-state index contributed by atoms with van der Waals surface area (Å²) in [6.45, 7) is 4.74. The maximum absolute atomic E-state index is 13.5. The van der Waals surface area contributed by atoms with E-state index in [1.54, 1.807) is 0 Å². The maximum Gasteiger partial charge on any atom is 0.278 e. The Morgan fingerprint density at radius 1 is 0.860 bits per heavy atom. The third kappa shape index (κ3) is 15.2. The first kappa shape index (κ1) is 45.7. The average Bonchev–Trinajstić information content (AvgIpc) is 2.91. The fourth-order valence-electron chi connectivity index (χ4n) is 5.10. The molecule has 0 spiro atoms. The Labute approximate surface area is 286 Å². The molecule has 8 nitrogen and oxygen atoms in total. The Kier molecular flexibility index (Phi) is 25.1. The van der Waals surface area contributed by atoms with Crippen LogP contribution in [0.25, 0.3) is 10.9 Å². The molecule has 0 aliphatic rings. The van der Waals surface area contributed by atoms with E-state index in [4.69, 9.17) is 0 Å². The van der Waals surface area contributed by atoms with Crippen molar-refractivity contribution in [1.29, 1.82) is 0 Å². The molecule has 0 radical (unpaired) electrons. The van der Waals surface area contributed by atoms with Gasteiger partial charge in [0.2, 0.25) is 5.52 Å². The standard InChI is InChI=1S/C30H42N6O2.5ClH/c1-36(18-15-31,19-16-32)17-7-11-26(33)30(38)35-28(14-13-23-8-3-2-4-9-23)29(37)21-24-20-25-10-5-6-12-27(25)34-22-24;;;;;/h2-6,8-10,12,20,22,26,28H,7,11,13-19,21,31-33H2,1H3;5*1H/p+2/t26-,28-;;;;;/m0...../s1. The number of nitrogens with zero attached hydrogens (tertiary/aromatic N) is 1. The summed E-state index contributed by atoms with van der Waals surface area (Å²) in [6.07, 6.45) is 5.00. The van der Waals surface area contributed by atoms with Crippen LogP contribution in [0.1, 0.15) is 30.4 Å². The van der Waals surface area contributed by atoms with Gasteiger partial charge in [-0.1, -0.05) is 42.5 Å². The van der Waals surface area contributed by atoms with Crippen LogP contribution in [-0.4, -0.2) is 68.0 Å². The number of amides is 1. The van der Waals surface area contributed by atoms with Crippen LogP contribution in [0.2, 0.25) is 0 Å². The molecular formula is C30H49Cl5N6O2+2. The Hall–Kier alpha value is -1.72. The maximum atomic E-state index is 13.5. The van der Waals surface area contributed by atoms with Crippen molar-refractivity contribution in [3.63, 3.8) is 0 Å². The largest absolute Gasteiger partial charge is 1.00 e. The summed E-state index contributed by atoms with van der Waals surface area (Å²) in [5.74, 6) is -0.134. The zero-order valence-corrected chi connectivity index (χ0v) is 28.8. The zero-order chi connectivity index (χ0) is 27.4. The SMILES string of the molecule is C[N+](CC[NH3+])(CC[NH3+])CCC[C@H]([NH3+])C(=O)N[C@@H](CCc1ccccc1)C(=O)Cc1c[nH+]c2ccccc2c1.Cl.Cl.[Cl-].[Cl-].[Cl-]. The Morgan fingerprint density at radius 3 is 2.09 bits per heavy atom. The molecule has 0 bridgehead atoms. The number of halogens is 5. The van der Waals surface area contributed by atoms with Gasteiger partial charge in [0.05, 0.1) is 19.6 Å².